The first kappa shape index (κ1) is 13.0. The van der Waals surface area contributed by atoms with Gasteiger partial charge in [0, 0.05) is 6.54 Å². The summed E-state index contributed by atoms with van der Waals surface area (Å²) in [5.74, 6) is -4.25. The van der Waals surface area contributed by atoms with Crippen LogP contribution < -0.4 is 5.32 Å². The summed E-state index contributed by atoms with van der Waals surface area (Å²) < 4.78 is 25.2. The van der Waals surface area contributed by atoms with Gasteiger partial charge in [-0.3, -0.25) is 0 Å². The van der Waals surface area contributed by atoms with Gasteiger partial charge in [-0.1, -0.05) is 0 Å². The van der Waals surface area contributed by atoms with E-state index in [1.54, 1.807) is 11.4 Å². The molecule has 0 aliphatic carbocycles. The number of carboxylic acid groups (broad SMARTS) is 1. The minimum atomic E-state index is -3.18. The minimum absolute atomic E-state index is 0.0424. The fourth-order valence-electron chi connectivity index (χ4n) is 1.10. The van der Waals surface area contributed by atoms with Crippen molar-refractivity contribution in [2.45, 2.75) is 12.5 Å². The van der Waals surface area contributed by atoms with Crippen molar-refractivity contribution in [3.63, 3.8) is 0 Å². The van der Waals surface area contributed by atoms with Crippen LogP contribution in [0.3, 0.4) is 0 Å². The van der Waals surface area contributed by atoms with Crippen molar-refractivity contribution in [3.05, 3.63) is 21.9 Å². The Morgan fingerprint density at radius 2 is 2.25 bits per heavy atom. The lowest BCUT2D eigenvalue weighted by Crippen LogP contribution is -2.35. The van der Waals surface area contributed by atoms with Crippen molar-refractivity contribution < 1.29 is 23.8 Å². The summed E-state index contributed by atoms with van der Waals surface area (Å²) >= 11 is 1.04. The molecule has 1 heterocycles. The predicted molar refractivity (Wildman–Crippen MR) is 55.0 cm³/mol. The molecule has 0 fully saturated rings. The topological polar surface area (TPSA) is 69.6 Å². The van der Waals surface area contributed by atoms with E-state index in [0.717, 1.165) is 11.3 Å². The average Bonchev–Trinajstić information content (AvgIpc) is 2.66. The molecule has 1 aromatic heterocycles. The van der Waals surface area contributed by atoms with E-state index in [1.165, 1.54) is 0 Å². The molecule has 0 saturated carbocycles. The Hall–Kier alpha value is -1.05. The van der Waals surface area contributed by atoms with Gasteiger partial charge < -0.3 is 15.5 Å². The Labute approximate surface area is 94.5 Å². The first-order valence-electron chi connectivity index (χ1n) is 4.45. The summed E-state index contributed by atoms with van der Waals surface area (Å²) in [6.45, 7) is -1.87. The maximum atomic E-state index is 12.6. The lowest BCUT2D eigenvalue weighted by atomic mass is 10.2. The molecule has 7 heteroatoms. The highest BCUT2D eigenvalue weighted by Gasteiger charge is 2.27. The Morgan fingerprint density at radius 1 is 1.56 bits per heavy atom. The molecule has 4 nitrogen and oxygen atoms in total. The second-order valence-electron chi connectivity index (χ2n) is 3.20. The van der Waals surface area contributed by atoms with Gasteiger partial charge in [0.2, 0.25) is 0 Å². The van der Waals surface area contributed by atoms with Crippen LogP contribution in [-0.4, -0.2) is 35.3 Å². The average molecular weight is 251 g/mol. The number of thiophene rings is 1. The van der Waals surface area contributed by atoms with Crippen LogP contribution in [0.5, 0.6) is 0 Å². The summed E-state index contributed by atoms with van der Waals surface area (Å²) in [7, 11) is 0. The summed E-state index contributed by atoms with van der Waals surface area (Å²) in [5.41, 5.74) is 0.464. The Morgan fingerprint density at radius 3 is 2.81 bits per heavy atom. The van der Waals surface area contributed by atoms with Crippen LogP contribution in [0.15, 0.2) is 11.4 Å². The van der Waals surface area contributed by atoms with E-state index in [0.29, 0.717) is 5.56 Å². The third-order valence-corrected chi connectivity index (χ3v) is 2.82. The van der Waals surface area contributed by atoms with E-state index in [2.05, 4.69) is 5.32 Å². The zero-order valence-electron chi connectivity index (χ0n) is 8.24. The van der Waals surface area contributed by atoms with Gasteiger partial charge in [-0.2, -0.15) is 0 Å². The largest absolute Gasteiger partial charge is 0.477 e. The molecule has 16 heavy (non-hydrogen) atoms. The smallest absolute Gasteiger partial charge is 0.346 e. The summed E-state index contributed by atoms with van der Waals surface area (Å²) in [6, 6.07) is 1.57. The standard InChI is InChI=1S/C9H11F2NO3S/c10-9(11,5-13)4-12-3-6-1-2-16-7(6)8(14)15/h1-2,12-13H,3-5H2,(H,14,15). The second kappa shape index (κ2) is 5.33. The quantitative estimate of drug-likeness (QED) is 0.709. The van der Waals surface area contributed by atoms with E-state index >= 15 is 0 Å². The SMILES string of the molecule is O=C(O)c1sccc1CNCC(F)(F)CO. The van der Waals surface area contributed by atoms with E-state index in [-0.39, 0.29) is 11.4 Å². The van der Waals surface area contributed by atoms with Crippen LogP contribution in [0.25, 0.3) is 0 Å². The van der Waals surface area contributed by atoms with Crippen molar-refractivity contribution in [2.75, 3.05) is 13.2 Å². The number of hydrogen-bond donors (Lipinski definition) is 3. The lowest BCUT2D eigenvalue weighted by Gasteiger charge is -2.13. The predicted octanol–water partition coefficient (Wildman–Crippen LogP) is 1.16. The fourth-order valence-corrected chi connectivity index (χ4v) is 1.86. The van der Waals surface area contributed by atoms with E-state index in [9.17, 15) is 13.6 Å². The maximum Gasteiger partial charge on any atom is 0.346 e. The number of nitrogens with one attached hydrogen (secondary N) is 1. The van der Waals surface area contributed by atoms with Gasteiger partial charge in [0.15, 0.2) is 0 Å². The number of aromatic carboxylic acids is 1. The summed E-state index contributed by atoms with van der Waals surface area (Å²) in [6.07, 6.45) is 0. The van der Waals surface area contributed by atoms with Crippen LogP contribution in [0.2, 0.25) is 0 Å². The normalized spacial score (nSPS) is 11.7. The zero-order valence-corrected chi connectivity index (χ0v) is 9.06. The molecule has 0 radical (unpaired) electrons. The molecule has 1 aromatic rings. The minimum Gasteiger partial charge on any atom is -0.477 e. The number of alkyl halides is 2. The number of aliphatic hydroxyl groups excluding tert-OH is 1. The number of carboxylic acids is 1. The number of carbonyl (C=O) groups is 1. The number of hydrogen-bond acceptors (Lipinski definition) is 4. The van der Waals surface area contributed by atoms with E-state index in [4.69, 9.17) is 10.2 Å². The molecule has 0 atom stereocenters. The van der Waals surface area contributed by atoms with E-state index < -0.39 is 25.0 Å². The molecule has 90 valence electrons. The third-order valence-electron chi connectivity index (χ3n) is 1.87. The van der Waals surface area contributed by atoms with Gasteiger partial charge in [-0.15, -0.1) is 11.3 Å². The molecule has 0 aliphatic heterocycles. The summed E-state index contributed by atoms with van der Waals surface area (Å²) in [5, 5.41) is 21.1. The molecular formula is C9H11F2NO3S. The van der Waals surface area contributed by atoms with Gasteiger partial charge in [0.1, 0.15) is 11.5 Å². The molecule has 0 bridgehead atoms. The van der Waals surface area contributed by atoms with Crippen LogP contribution in [-0.2, 0) is 6.54 Å². The molecule has 3 N–H and O–H groups in total. The molecule has 0 amide bonds. The third kappa shape index (κ3) is 3.51. The first-order valence-corrected chi connectivity index (χ1v) is 5.33. The van der Waals surface area contributed by atoms with Crippen molar-refractivity contribution >= 4 is 17.3 Å². The highest BCUT2D eigenvalue weighted by atomic mass is 32.1. The Bertz CT molecular complexity index is 367. The van der Waals surface area contributed by atoms with Crippen LogP contribution in [0, 0.1) is 0 Å². The van der Waals surface area contributed by atoms with E-state index in [1.807, 2.05) is 0 Å². The number of aliphatic hydroxyl groups is 1. The Balaban J connectivity index is 2.49. The van der Waals surface area contributed by atoms with Crippen LogP contribution in [0.4, 0.5) is 8.78 Å². The second-order valence-corrected chi connectivity index (χ2v) is 4.11. The van der Waals surface area contributed by atoms with Crippen molar-refractivity contribution in [1.29, 1.82) is 0 Å². The van der Waals surface area contributed by atoms with Crippen LogP contribution in [0.1, 0.15) is 15.2 Å². The molecule has 0 saturated heterocycles. The number of rotatable bonds is 6. The molecule has 0 aliphatic rings. The first-order chi connectivity index (χ1) is 7.46. The van der Waals surface area contributed by atoms with Gasteiger partial charge in [0.05, 0.1) is 6.54 Å². The van der Waals surface area contributed by atoms with Gasteiger partial charge in [-0.25, -0.2) is 13.6 Å². The molecule has 0 spiro atoms. The monoisotopic (exact) mass is 251 g/mol. The molecule has 1 rings (SSSR count). The molecular weight excluding hydrogens is 240 g/mol. The van der Waals surface area contributed by atoms with Crippen molar-refractivity contribution in [1.82, 2.24) is 5.32 Å². The van der Waals surface area contributed by atoms with Gasteiger partial charge >= 0.3 is 5.97 Å². The highest BCUT2D eigenvalue weighted by Crippen LogP contribution is 2.17. The number of halogens is 2. The zero-order chi connectivity index (χ0) is 12.2. The maximum absolute atomic E-state index is 12.6. The van der Waals surface area contributed by atoms with Crippen LogP contribution >= 0.6 is 11.3 Å². The highest BCUT2D eigenvalue weighted by molar-refractivity contribution is 7.12. The van der Waals surface area contributed by atoms with Gasteiger partial charge in [0.25, 0.3) is 5.92 Å². The molecule has 0 aromatic carbocycles. The van der Waals surface area contributed by atoms with Crippen molar-refractivity contribution in [3.8, 4) is 0 Å². The lowest BCUT2D eigenvalue weighted by molar-refractivity contribution is -0.0477. The molecule has 0 unspecified atom stereocenters. The summed E-state index contributed by atoms with van der Waals surface area (Å²) in [4.78, 5) is 10.8. The Kier molecular flexibility index (Phi) is 4.34. The van der Waals surface area contributed by atoms with Gasteiger partial charge in [-0.05, 0) is 17.0 Å². The van der Waals surface area contributed by atoms with Crippen molar-refractivity contribution in [2.24, 2.45) is 0 Å². The fraction of sp³-hybridized carbons (Fsp3) is 0.444.